The Morgan fingerprint density at radius 3 is 0.919 bits per heavy atom. The third-order valence-corrected chi connectivity index (χ3v) is 11.6. The highest BCUT2D eigenvalue weighted by Crippen LogP contribution is 2.16. The summed E-state index contributed by atoms with van der Waals surface area (Å²) in [7, 11) is 0. The number of hydrogen-bond donors (Lipinski definition) is 0. The van der Waals surface area contributed by atoms with E-state index in [1.54, 1.807) is 0 Å². The maximum absolute atomic E-state index is 12.8. The number of ether oxygens (including phenoxy) is 3. The van der Waals surface area contributed by atoms with Crippen molar-refractivity contribution in [2.24, 2.45) is 0 Å². The molecule has 360 valence electrons. The van der Waals surface area contributed by atoms with E-state index in [0.29, 0.717) is 19.3 Å². The van der Waals surface area contributed by atoms with Crippen molar-refractivity contribution < 1.29 is 28.6 Å². The summed E-state index contributed by atoms with van der Waals surface area (Å²) in [6, 6.07) is 0. The Kier molecular flexibility index (Phi) is 48.8. The molecule has 0 aromatic rings. The Morgan fingerprint density at radius 1 is 0.323 bits per heavy atom. The molecule has 0 spiro atoms. The van der Waals surface area contributed by atoms with E-state index < -0.39 is 6.10 Å². The molecule has 0 bridgehead atoms. The molecule has 0 amide bonds. The van der Waals surface area contributed by atoms with E-state index in [2.05, 4.69) is 69.4 Å². The molecule has 0 aromatic carbocycles. The van der Waals surface area contributed by atoms with Crippen molar-refractivity contribution in [2.75, 3.05) is 13.2 Å². The molecule has 0 heterocycles. The predicted octanol–water partition coefficient (Wildman–Crippen LogP) is 17.5. The van der Waals surface area contributed by atoms with Crippen LogP contribution in [-0.2, 0) is 28.6 Å². The fraction of sp³-hybridized carbons (Fsp3) is 0.804. The Bertz CT molecular complexity index is 1090. The first-order valence-corrected chi connectivity index (χ1v) is 26.7. The molecule has 0 saturated heterocycles. The molecule has 62 heavy (non-hydrogen) atoms. The van der Waals surface area contributed by atoms with Crippen LogP contribution < -0.4 is 0 Å². The Morgan fingerprint density at radius 2 is 0.581 bits per heavy atom. The highest BCUT2D eigenvalue weighted by Gasteiger charge is 2.19. The second kappa shape index (κ2) is 51.0. The van der Waals surface area contributed by atoms with Gasteiger partial charge in [-0.3, -0.25) is 14.4 Å². The van der Waals surface area contributed by atoms with Crippen molar-refractivity contribution in [1.29, 1.82) is 0 Å². The van der Waals surface area contributed by atoms with Crippen LogP contribution in [0.25, 0.3) is 0 Å². The molecule has 0 rings (SSSR count). The van der Waals surface area contributed by atoms with E-state index in [-0.39, 0.29) is 31.1 Å². The van der Waals surface area contributed by atoms with Gasteiger partial charge in [-0.25, -0.2) is 0 Å². The fourth-order valence-electron chi connectivity index (χ4n) is 7.53. The molecule has 0 aromatic heterocycles. The van der Waals surface area contributed by atoms with Gasteiger partial charge in [0.25, 0.3) is 0 Å². The van der Waals surface area contributed by atoms with Crippen molar-refractivity contribution >= 4 is 17.9 Å². The Labute approximate surface area is 384 Å². The van der Waals surface area contributed by atoms with Crippen molar-refractivity contribution in [1.82, 2.24) is 0 Å². The van der Waals surface area contributed by atoms with Crippen LogP contribution in [-0.4, -0.2) is 37.2 Å². The first-order valence-electron chi connectivity index (χ1n) is 26.7. The standard InChI is InChI=1S/C56H100O6/c1-4-7-10-13-16-19-22-24-26-28-30-31-34-37-40-43-46-49-55(58)61-52-53(51-60-54(57)48-45-42-39-36-33-21-18-15-12-9-6-3)62-56(59)50-47-44-41-38-35-32-29-27-25-23-20-17-14-11-8-5-2/h15,18,21,27,29,32-33,35,53H,4-14,16-17,19-20,22-26,28,30-31,34,36-52H2,1-3H3/b18-15-,29-27-,33-21-,35-32-. The molecule has 0 radical (unpaired) electrons. The maximum Gasteiger partial charge on any atom is 0.306 e. The van der Waals surface area contributed by atoms with Crippen LogP contribution in [0.2, 0.25) is 0 Å². The van der Waals surface area contributed by atoms with Gasteiger partial charge >= 0.3 is 17.9 Å². The summed E-state index contributed by atoms with van der Waals surface area (Å²) in [6.45, 7) is 6.55. The predicted molar refractivity (Wildman–Crippen MR) is 265 cm³/mol. The summed E-state index contributed by atoms with van der Waals surface area (Å²) >= 11 is 0. The second-order valence-electron chi connectivity index (χ2n) is 17.8. The van der Waals surface area contributed by atoms with E-state index in [1.807, 2.05) is 0 Å². The van der Waals surface area contributed by atoms with Gasteiger partial charge in [0, 0.05) is 19.3 Å². The SMILES string of the molecule is CCCC/C=C\C=C/CCCCCC(=O)OCC(COC(=O)CCCCCCCCCCCCCCCCCCC)OC(=O)CCCCC/C=C\C=C/CCCCCCCCC. The molecule has 0 saturated carbocycles. The molecular formula is C56H100O6. The Balaban J connectivity index is 4.39. The fourth-order valence-corrected chi connectivity index (χ4v) is 7.53. The van der Waals surface area contributed by atoms with Crippen molar-refractivity contribution in [3.63, 3.8) is 0 Å². The van der Waals surface area contributed by atoms with Crippen molar-refractivity contribution in [3.05, 3.63) is 48.6 Å². The smallest absolute Gasteiger partial charge is 0.306 e. The average molecular weight is 869 g/mol. The maximum atomic E-state index is 12.8. The first kappa shape index (κ1) is 59.4. The average Bonchev–Trinajstić information content (AvgIpc) is 3.27. The minimum atomic E-state index is -0.794. The number of allylic oxidation sites excluding steroid dienone is 8. The highest BCUT2D eigenvalue weighted by molar-refractivity contribution is 5.71. The van der Waals surface area contributed by atoms with Crippen LogP contribution in [0.4, 0.5) is 0 Å². The summed E-state index contributed by atoms with van der Waals surface area (Å²) in [6.07, 6.45) is 61.0. The minimum Gasteiger partial charge on any atom is -0.462 e. The number of carbonyl (C=O) groups excluding carboxylic acids is 3. The van der Waals surface area contributed by atoms with Gasteiger partial charge in [0.15, 0.2) is 6.10 Å². The number of rotatable bonds is 48. The Hall–Kier alpha value is -2.63. The third kappa shape index (κ3) is 48.4. The van der Waals surface area contributed by atoms with E-state index in [1.165, 1.54) is 148 Å². The van der Waals surface area contributed by atoms with Gasteiger partial charge in [0.1, 0.15) is 13.2 Å². The molecule has 6 nitrogen and oxygen atoms in total. The topological polar surface area (TPSA) is 78.9 Å². The lowest BCUT2D eigenvalue weighted by atomic mass is 10.0. The zero-order valence-electron chi connectivity index (χ0n) is 41.1. The molecule has 0 aliphatic carbocycles. The first-order chi connectivity index (χ1) is 30.5. The lowest BCUT2D eigenvalue weighted by Crippen LogP contribution is -2.30. The molecule has 1 unspecified atom stereocenters. The number of unbranched alkanes of at least 4 members (excludes halogenated alkanes) is 31. The summed E-state index contributed by atoms with van der Waals surface area (Å²) in [5.41, 5.74) is 0. The van der Waals surface area contributed by atoms with Crippen LogP contribution in [0.3, 0.4) is 0 Å². The van der Waals surface area contributed by atoms with Gasteiger partial charge in [-0.2, -0.15) is 0 Å². The largest absolute Gasteiger partial charge is 0.462 e. The monoisotopic (exact) mass is 869 g/mol. The number of carbonyl (C=O) groups is 3. The molecule has 0 aliphatic rings. The van der Waals surface area contributed by atoms with Crippen LogP contribution in [0.5, 0.6) is 0 Å². The van der Waals surface area contributed by atoms with E-state index in [9.17, 15) is 14.4 Å². The van der Waals surface area contributed by atoms with Gasteiger partial charge in [0.05, 0.1) is 0 Å². The summed E-state index contributed by atoms with van der Waals surface area (Å²) in [5, 5.41) is 0. The number of esters is 3. The van der Waals surface area contributed by atoms with E-state index in [0.717, 1.165) is 83.5 Å². The molecule has 1 atom stereocenters. The van der Waals surface area contributed by atoms with Crippen LogP contribution in [0.15, 0.2) is 48.6 Å². The van der Waals surface area contributed by atoms with Crippen LogP contribution in [0.1, 0.15) is 271 Å². The van der Waals surface area contributed by atoms with Crippen LogP contribution >= 0.6 is 0 Å². The molecule has 0 aliphatic heterocycles. The van der Waals surface area contributed by atoms with Gasteiger partial charge in [0.2, 0.25) is 0 Å². The lowest BCUT2D eigenvalue weighted by Gasteiger charge is -2.18. The van der Waals surface area contributed by atoms with E-state index >= 15 is 0 Å². The van der Waals surface area contributed by atoms with Crippen molar-refractivity contribution in [2.45, 2.75) is 277 Å². The summed E-state index contributed by atoms with van der Waals surface area (Å²) in [4.78, 5) is 37.9. The normalized spacial score (nSPS) is 12.4. The minimum absolute atomic E-state index is 0.0900. The lowest BCUT2D eigenvalue weighted by molar-refractivity contribution is -0.167. The van der Waals surface area contributed by atoms with Crippen molar-refractivity contribution in [3.8, 4) is 0 Å². The quantitative estimate of drug-likeness (QED) is 0.0262. The van der Waals surface area contributed by atoms with Gasteiger partial charge < -0.3 is 14.2 Å². The molecule has 0 N–H and O–H groups in total. The highest BCUT2D eigenvalue weighted by atomic mass is 16.6. The van der Waals surface area contributed by atoms with Gasteiger partial charge in [-0.15, -0.1) is 0 Å². The van der Waals surface area contributed by atoms with Crippen LogP contribution in [0, 0.1) is 0 Å². The van der Waals surface area contributed by atoms with Gasteiger partial charge in [-0.1, -0.05) is 236 Å². The zero-order valence-corrected chi connectivity index (χ0v) is 41.1. The molecular weight excluding hydrogens is 769 g/mol. The van der Waals surface area contributed by atoms with E-state index in [4.69, 9.17) is 14.2 Å². The number of hydrogen-bond acceptors (Lipinski definition) is 6. The molecule has 0 fully saturated rings. The second-order valence-corrected chi connectivity index (χ2v) is 17.8. The zero-order chi connectivity index (χ0) is 45.1. The summed E-state index contributed by atoms with van der Waals surface area (Å²) in [5.74, 6) is -0.937. The summed E-state index contributed by atoms with van der Waals surface area (Å²) < 4.78 is 16.8. The third-order valence-electron chi connectivity index (χ3n) is 11.6. The van der Waals surface area contributed by atoms with Gasteiger partial charge in [-0.05, 0) is 64.2 Å². The molecule has 6 heteroatoms.